The molecule has 96 valence electrons. The Morgan fingerprint density at radius 1 is 1.35 bits per heavy atom. The maximum absolute atomic E-state index is 5.76. The maximum Gasteiger partial charge on any atom is 0.0569 e. The van der Waals surface area contributed by atoms with Crippen LogP contribution in [-0.4, -0.2) is 35.3 Å². The summed E-state index contributed by atoms with van der Waals surface area (Å²) in [4.78, 5) is 8.01. The Labute approximate surface area is 109 Å². The first-order valence-electron chi connectivity index (χ1n) is 6.24. The lowest BCUT2D eigenvalue weighted by atomic mass is 10.2. The summed E-state index contributed by atoms with van der Waals surface area (Å²) in [5.74, 6) is 1.11. The van der Waals surface area contributed by atoms with Crippen LogP contribution in [0.4, 0.5) is 0 Å². The van der Waals surface area contributed by atoms with Gasteiger partial charge in [-0.3, -0.25) is 4.98 Å². The molecule has 0 bridgehead atoms. The van der Waals surface area contributed by atoms with Gasteiger partial charge in [0, 0.05) is 29.4 Å². The molecular weight excluding hydrogens is 230 g/mol. The van der Waals surface area contributed by atoms with Crippen molar-refractivity contribution in [3.63, 3.8) is 0 Å². The average Bonchev–Trinajstić information content (AvgIpc) is 2.35. The van der Waals surface area contributed by atoms with Crippen LogP contribution in [0.25, 0.3) is 0 Å². The fourth-order valence-electron chi connectivity index (χ4n) is 1.58. The minimum absolute atomic E-state index is 0.0183. The summed E-state index contributed by atoms with van der Waals surface area (Å²) in [6, 6.07) is 4.15. The number of aromatic nitrogens is 1. The first-order valence-corrected chi connectivity index (χ1v) is 7.22. The van der Waals surface area contributed by atoms with Gasteiger partial charge in [0.15, 0.2) is 0 Å². The Hall–Kier alpha value is -0.580. The quantitative estimate of drug-likeness (QED) is 0.758. The van der Waals surface area contributed by atoms with Crippen LogP contribution >= 0.6 is 11.8 Å². The molecule has 0 aromatic carbocycles. The third-order valence-electron chi connectivity index (χ3n) is 2.80. The second-order valence-electron chi connectivity index (χ2n) is 4.08. The summed E-state index contributed by atoms with van der Waals surface area (Å²) >= 11 is 1.85. The van der Waals surface area contributed by atoms with Crippen LogP contribution in [0.3, 0.4) is 0 Å². The molecular formula is C13H23N3S. The summed E-state index contributed by atoms with van der Waals surface area (Å²) in [6.07, 6.45) is 1.92. The van der Waals surface area contributed by atoms with Crippen molar-refractivity contribution in [2.45, 2.75) is 31.7 Å². The van der Waals surface area contributed by atoms with E-state index in [1.165, 1.54) is 4.90 Å². The normalized spacial score (nSPS) is 13.0. The van der Waals surface area contributed by atoms with Gasteiger partial charge in [-0.05, 0) is 32.1 Å². The van der Waals surface area contributed by atoms with Crippen molar-refractivity contribution in [3.8, 4) is 0 Å². The highest BCUT2D eigenvalue weighted by molar-refractivity contribution is 7.99. The van der Waals surface area contributed by atoms with E-state index in [1.54, 1.807) is 0 Å². The van der Waals surface area contributed by atoms with Crippen LogP contribution in [0, 0.1) is 0 Å². The first-order chi connectivity index (χ1) is 8.17. The smallest absolute Gasteiger partial charge is 0.0569 e. The van der Waals surface area contributed by atoms with E-state index in [1.807, 2.05) is 30.9 Å². The molecule has 0 radical (unpaired) electrons. The lowest BCUT2D eigenvalue weighted by molar-refractivity contribution is 0.324. The van der Waals surface area contributed by atoms with Gasteiger partial charge in [-0.1, -0.05) is 13.8 Å². The van der Waals surface area contributed by atoms with Crippen molar-refractivity contribution in [2.75, 3.05) is 25.4 Å². The predicted molar refractivity (Wildman–Crippen MR) is 75.4 cm³/mol. The van der Waals surface area contributed by atoms with Gasteiger partial charge < -0.3 is 10.6 Å². The van der Waals surface area contributed by atoms with Crippen LogP contribution in [0.1, 0.15) is 32.5 Å². The van der Waals surface area contributed by atoms with Gasteiger partial charge in [0.05, 0.1) is 5.69 Å². The zero-order valence-electron chi connectivity index (χ0n) is 11.0. The van der Waals surface area contributed by atoms with Crippen molar-refractivity contribution >= 4 is 11.8 Å². The number of thioether (sulfide) groups is 1. The SMILES string of the molecule is CCN(CC)CCSc1ccc([C@H](C)N)nc1. The number of hydrogen-bond acceptors (Lipinski definition) is 4. The number of hydrogen-bond donors (Lipinski definition) is 1. The number of nitrogens with zero attached hydrogens (tertiary/aromatic N) is 2. The van der Waals surface area contributed by atoms with E-state index in [0.29, 0.717) is 0 Å². The highest BCUT2D eigenvalue weighted by Gasteiger charge is 2.02. The summed E-state index contributed by atoms with van der Waals surface area (Å²) in [7, 11) is 0. The largest absolute Gasteiger partial charge is 0.323 e. The molecule has 0 saturated carbocycles. The monoisotopic (exact) mass is 253 g/mol. The Morgan fingerprint density at radius 3 is 2.53 bits per heavy atom. The van der Waals surface area contributed by atoms with Crippen LogP contribution in [0.2, 0.25) is 0 Å². The molecule has 1 aromatic heterocycles. The molecule has 1 aromatic rings. The minimum Gasteiger partial charge on any atom is -0.323 e. The molecule has 3 nitrogen and oxygen atoms in total. The highest BCUT2D eigenvalue weighted by Crippen LogP contribution is 2.18. The molecule has 2 N–H and O–H groups in total. The van der Waals surface area contributed by atoms with Crippen molar-refractivity contribution in [2.24, 2.45) is 5.73 Å². The topological polar surface area (TPSA) is 42.1 Å². The van der Waals surface area contributed by atoms with E-state index in [2.05, 4.69) is 29.8 Å². The third kappa shape index (κ3) is 5.06. The molecule has 17 heavy (non-hydrogen) atoms. The van der Waals surface area contributed by atoms with E-state index in [-0.39, 0.29) is 6.04 Å². The fraction of sp³-hybridized carbons (Fsp3) is 0.615. The molecule has 1 atom stereocenters. The standard InChI is InChI=1S/C13H23N3S/c1-4-16(5-2)8-9-17-12-6-7-13(11(3)14)15-10-12/h6-7,10-11H,4-5,8-9,14H2,1-3H3/t11-/m0/s1. The average molecular weight is 253 g/mol. The summed E-state index contributed by atoms with van der Waals surface area (Å²) in [5, 5.41) is 0. The molecule has 0 aliphatic carbocycles. The van der Waals surface area contributed by atoms with Crippen molar-refractivity contribution < 1.29 is 0 Å². The summed E-state index contributed by atoms with van der Waals surface area (Å²) < 4.78 is 0. The van der Waals surface area contributed by atoms with Gasteiger partial charge in [-0.15, -0.1) is 11.8 Å². The molecule has 0 spiro atoms. The molecule has 0 aliphatic heterocycles. The van der Waals surface area contributed by atoms with Gasteiger partial charge in [-0.2, -0.15) is 0 Å². The first kappa shape index (κ1) is 14.5. The number of nitrogens with two attached hydrogens (primary N) is 1. The van der Waals surface area contributed by atoms with Crippen molar-refractivity contribution in [3.05, 3.63) is 24.0 Å². The summed E-state index contributed by atoms with van der Waals surface area (Å²) in [5.41, 5.74) is 6.72. The second kappa shape index (κ2) is 7.69. The van der Waals surface area contributed by atoms with Gasteiger partial charge >= 0.3 is 0 Å². The molecule has 0 saturated heterocycles. The van der Waals surface area contributed by atoms with Gasteiger partial charge in [0.25, 0.3) is 0 Å². The second-order valence-corrected chi connectivity index (χ2v) is 5.25. The lowest BCUT2D eigenvalue weighted by Gasteiger charge is -2.17. The Balaban J connectivity index is 2.37. The van der Waals surface area contributed by atoms with Crippen LogP contribution < -0.4 is 5.73 Å². The minimum atomic E-state index is 0.0183. The molecule has 4 heteroatoms. The van der Waals surface area contributed by atoms with Crippen LogP contribution in [0.15, 0.2) is 23.2 Å². The molecule has 1 rings (SSSR count). The van der Waals surface area contributed by atoms with E-state index < -0.39 is 0 Å². The van der Waals surface area contributed by atoms with Crippen LogP contribution in [0.5, 0.6) is 0 Å². The Bertz CT molecular complexity index is 307. The molecule has 0 aliphatic rings. The zero-order valence-corrected chi connectivity index (χ0v) is 11.8. The highest BCUT2D eigenvalue weighted by atomic mass is 32.2. The van der Waals surface area contributed by atoms with Gasteiger partial charge in [-0.25, -0.2) is 0 Å². The Kier molecular flexibility index (Phi) is 6.55. The molecule has 0 fully saturated rings. The molecule has 0 amide bonds. The summed E-state index contributed by atoms with van der Waals surface area (Å²) in [6.45, 7) is 9.74. The van der Waals surface area contributed by atoms with Crippen molar-refractivity contribution in [1.29, 1.82) is 0 Å². The predicted octanol–water partition coefficient (Wildman–Crippen LogP) is 2.54. The van der Waals surface area contributed by atoms with E-state index in [0.717, 1.165) is 31.1 Å². The fourth-order valence-corrected chi connectivity index (χ4v) is 2.46. The third-order valence-corrected chi connectivity index (χ3v) is 3.76. The molecule has 0 unspecified atom stereocenters. The van der Waals surface area contributed by atoms with Crippen LogP contribution in [-0.2, 0) is 0 Å². The van der Waals surface area contributed by atoms with E-state index >= 15 is 0 Å². The number of pyridine rings is 1. The molecule has 1 heterocycles. The lowest BCUT2D eigenvalue weighted by Crippen LogP contribution is -2.25. The van der Waals surface area contributed by atoms with Crippen molar-refractivity contribution in [1.82, 2.24) is 9.88 Å². The number of rotatable bonds is 7. The zero-order chi connectivity index (χ0) is 12.7. The maximum atomic E-state index is 5.76. The van der Waals surface area contributed by atoms with E-state index in [9.17, 15) is 0 Å². The van der Waals surface area contributed by atoms with E-state index in [4.69, 9.17) is 5.73 Å². The van der Waals surface area contributed by atoms with Gasteiger partial charge in [0.2, 0.25) is 0 Å². The van der Waals surface area contributed by atoms with Gasteiger partial charge in [0.1, 0.15) is 0 Å². The Morgan fingerprint density at radius 2 is 2.06 bits per heavy atom.